The molecule has 0 fully saturated rings. The monoisotopic (exact) mass is 579 g/mol. The molecule has 0 saturated carbocycles. The highest BCUT2D eigenvalue weighted by atomic mass is 32.1. The third-order valence-corrected chi connectivity index (χ3v) is 5.73. The first-order valence-electron chi connectivity index (χ1n) is 11.1. The number of aromatic nitrogens is 3. The number of hydrogen-bond acceptors (Lipinski definition) is 8. The molecule has 4 N–H and O–H groups in total. The Balaban J connectivity index is 0.000000317. The number of fused-ring (bicyclic) bond motifs is 1. The van der Waals surface area contributed by atoms with E-state index in [4.69, 9.17) is 24.8 Å². The highest BCUT2D eigenvalue weighted by Crippen LogP contribution is 2.21. The Morgan fingerprint density at radius 2 is 1.59 bits per heavy atom. The Labute approximate surface area is 222 Å². The molecule has 0 bridgehead atoms. The Morgan fingerprint density at radius 1 is 0.974 bits per heavy atom. The second-order valence-corrected chi connectivity index (χ2v) is 8.84. The van der Waals surface area contributed by atoms with Crippen molar-refractivity contribution in [1.29, 1.82) is 0 Å². The van der Waals surface area contributed by atoms with Crippen LogP contribution in [0.4, 0.5) is 32.3 Å². The summed E-state index contributed by atoms with van der Waals surface area (Å²) < 4.78 is 63.5. The predicted molar refractivity (Wildman–Crippen MR) is 128 cm³/mol. The van der Waals surface area contributed by atoms with Crippen molar-refractivity contribution < 1.29 is 46.1 Å². The number of halogens is 6. The van der Waals surface area contributed by atoms with Crippen LogP contribution in [0.1, 0.15) is 28.2 Å². The molecule has 1 aromatic carbocycles. The summed E-state index contributed by atoms with van der Waals surface area (Å²) in [5.74, 6) is -4.79. The van der Waals surface area contributed by atoms with E-state index >= 15 is 0 Å². The summed E-state index contributed by atoms with van der Waals surface area (Å²) in [6, 6.07) is 10.8. The van der Waals surface area contributed by atoms with Crippen LogP contribution in [-0.2, 0) is 35.5 Å². The second kappa shape index (κ2) is 14.4. The number of carboxylic acid groups (broad SMARTS) is 2. The van der Waals surface area contributed by atoms with Crippen molar-refractivity contribution in [2.45, 2.75) is 50.7 Å². The van der Waals surface area contributed by atoms with E-state index in [1.54, 1.807) is 11.3 Å². The molecule has 0 radical (unpaired) electrons. The number of aryl methyl sites for hydroxylation is 1. The number of benzene rings is 1. The van der Waals surface area contributed by atoms with Gasteiger partial charge in [0.05, 0.1) is 0 Å². The minimum absolute atomic E-state index is 0.475. The summed E-state index contributed by atoms with van der Waals surface area (Å²) in [6.07, 6.45) is -3.25. The molecule has 4 rings (SSSR count). The molecule has 2 heterocycles. The number of carboxylic acids is 2. The first-order chi connectivity index (χ1) is 18.3. The molecule has 0 saturated heterocycles. The number of nitrogens with one attached hydrogen (secondary N) is 2. The Hall–Kier alpha value is -3.79. The maximum Gasteiger partial charge on any atom is 0.490 e. The summed E-state index contributed by atoms with van der Waals surface area (Å²) in [5, 5.41) is 24.3. The van der Waals surface area contributed by atoms with Gasteiger partial charge in [0.25, 0.3) is 0 Å². The van der Waals surface area contributed by atoms with Crippen LogP contribution < -0.4 is 10.6 Å². The third kappa shape index (κ3) is 11.6. The molecule has 3 aromatic rings. The van der Waals surface area contributed by atoms with Crippen molar-refractivity contribution in [2.75, 3.05) is 5.32 Å². The number of alkyl halides is 6. The fraction of sp³-hybridized carbons (Fsp3) is 0.348. The zero-order valence-electron chi connectivity index (χ0n) is 20.0. The fourth-order valence-electron chi connectivity index (χ4n) is 3.12. The van der Waals surface area contributed by atoms with Gasteiger partial charge in [-0.1, -0.05) is 30.3 Å². The van der Waals surface area contributed by atoms with E-state index in [1.165, 1.54) is 16.8 Å². The van der Waals surface area contributed by atoms with Gasteiger partial charge in [0, 0.05) is 42.6 Å². The third-order valence-electron chi connectivity index (χ3n) is 4.95. The van der Waals surface area contributed by atoms with Crippen LogP contribution in [0.3, 0.4) is 0 Å². The summed E-state index contributed by atoms with van der Waals surface area (Å²) in [4.78, 5) is 31.3. The van der Waals surface area contributed by atoms with E-state index in [0.29, 0.717) is 6.04 Å². The highest BCUT2D eigenvalue weighted by molar-refractivity contribution is 7.09. The zero-order valence-corrected chi connectivity index (χ0v) is 20.8. The second-order valence-electron chi connectivity index (χ2n) is 7.86. The fourth-order valence-corrected chi connectivity index (χ4v) is 3.68. The average Bonchev–Trinajstić information content (AvgIpc) is 3.40. The van der Waals surface area contributed by atoms with E-state index in [2.05, 4.69) is 32.7 Å². The van der Waals surface area contributed by atoms with E-state index in [9.17, 15) is 26.3 Å². The lowest BCUT2D eigenvalue weighted by Gasteiger charge is -2.24. The van der Waals surface area contributed by atoms with Gasteiger partial charge in [0.2, 0.25) is 5.95 Å². The molecule has 0 amide bonds. The normalized spacial score (nSPS) is 14.6. The lowest BCUT2D eigenvalue weighted by Crippen LogP contribution is -2.34. The molecule has 1 aliphatic rings. The number of thiazole rings is 1. The van der Waals surface area contributed by atoms with Crippen LogP contribution in [0.25, 0.3) is 0 Å². The Morgan fingerprint density at radius 3 is 2.13 bits per heavy atom. The van der Waals surface area contributed by atoms with Crippen molar-refractivity contribution in [3.8, 4) is 0 Å². The summed E-state index contributed by atoms with van der Waals surface area (Å²) in [5.41, 5.74) is 3.67. The molecule has 212 valence electrons. The zero-order chi connectivity index (χ0) is 29.1. The molecular weight excluding hydrogens is 556 g/mol. The van der Waals surface area contributed by atoms with Crippen molar-refractivity contribution in [1.82, 2.24) is 20.3 Å². The van der Waals surface area contributed by atoms with Gasteiger partial charge in [-0.05, 0) is 30.4 Å². The predicted octanol–water partition coefficient (Wildman–Crippen LogP) is 4.46. The molecular formula is C23H23F6N5O4S. The average molecular weight is 580 g/mol. The minimum Gasteiger partial charge on any atom is -0.475 e. The number of carbonyl (C=O) groups is 2. The molecule has 1 atom stereocenters. The van der Waals surface area contributed by atoms with Crippen molar-refractivity contribution >= 4 is 29.2 Å². The van der Waals surface area contributed by atoms with Crippen LogP contribution in [0, 0.1) is 0 Å². The largest absolute Gasteiger partial charge is 0.490 e. The Bertz CT molecular complexity index is 1170. The van der Waals surface area contributed by atoms with Gasteiger partial charge in [0.15, 0.2) is 0 Å². The molecule has 0 aliphatic heterocycles. The minimum atomic E-state index is -5.08. The number of nitrogens with zero attached hydrogens (tertiary/aromatic N) is 3. The maximum absolute atomic E-state index is 10.6. The standard InChI is InChI=1S/C19H21N5S.2C2HF3O2/c1-2-4-14(5-3-1)11-22-19-23-12-15-10-16(6-7-17(15)24-19)21-13-18-20-8-9-25-18;2*3-2(4,5)1(6)7/h1-5,8-9,12,16,21H,6-7,10-11,13H2,(H,22,23,24);2*(H,6,7). The van der Waals surface area contributed by atoms with E-state index in [-0.39, 0.29) is 0 Å². The Kier molecular flexibility index (Phi) is 11.6. The molecule has 0 spiro atoms. The number of rotatable bonds is 6. The number of aliphatic carboxylic acids is 2. The molecule has 1 aliphatic carbocycles. The first-order valence-corrected chi connectivity index (χ1v) is 12.0. The van der Waals surface area contributed by atoms with Crippen molar-refractivity contribution in [3.05, 3.63) is 69.9 Å². The lowest BCUT2D eigenvalue weighted by molar-refractivity contribution is -0.193. The van der Waals surface area contributed by atoms with Crippen LogP contribution >= 0.6 is 11.3 Å². The van der Waals surface area contributed by atoms with Crippen LogP contribution in [0.15, 0.2) is 48.1 Å². The molecule has 39 heavy (non-hydrogen) atoms. The van der Waals surface area contributed by atoms with Gasteiger partial charge in [-0.25, -0.2) is 24.5 Å². The lowest BCUT2D eigenvalue weighted by atomic mass is 9.93. The smallest absolute Gasteiger partial charge is 0.475 e. The van der Waals surface area contributed by atoms with Gasteiger partial charge in [-0.2, -0.15) is 26.3 Å². The topological polar surface area (TPSA) is 137 Å². The summed E-state index contributed by atoms with van der Waals surface area (Å²) in [6.45, 7) is 1.59. The highest BCUT2D eigenvalue weighted by Gasteiger charge is 2.38. The van der Waals surface area contributed by atoms with Gasteiger partial charge < -0.3 is 20.8 Å². The number of anilines is 1. The first kappa shape index (κ1) is 31.4. The van der Waals surface area contributed by atoms with E-state index in [1.807, 2.05) is 36.0 Å². The quantitative estimate of drug-likeness (QED) is 0.312. The van der Waals surface area contributed by atoms with E-state index in [0.717, 1.165) is 43.3 Å². The SMILES string of the molecule is O=C(O)C(F)(F)F.O=C(O)C(F)(F)F.c1ccc(CNc2ncc3c(n2)CCC(NCc2nccs2)C3)cc1. The van der Waals surface area contributed by atoms with Crippen molar-refractivity contribution in [2.24, 2.45) is 0 Å². The molecule has 16 heteroatoms. The summed E-state index contributed by atoms with van der Waals surface area (Å²) >= 11 is 1.70. The van der Waals surface area contributed by atoms with Gasteiger partial charge in [0.1, 0.15) is 5.01 Å². The van der Waals surface area contributed by atoms with Crippen LogP contribution in [0.2, 0.25) is 0 Å². The van der Waals surface area contributed by atoms with Crippen LogP contribution in [0.5, 0.6) is 0 Å². The molecule has 1 unspecified atom stereocenters. The molecule has 2 aromatic heterocycles. The van der Waals surface area contributed by atoms with Crippen LogP contribution in [-0.4, -0.2) is 55.5 Å². The van der Waals surface area contributed by atoms with Gasteiger partial charge in [-0.15, -0.1) is 11.3 Å². The maximum atomic E-state index is 10.6. The van der Waals surface area contributed by atoms with E-state index < -0.39 is 24.3 Å². The number of hydrogen-bond donors (Lipinski definition) is 4. The van der Waals surface area contributed by atoms with Gasteiger partial charge >= 0.3 is 24.3 Å². The molecule has 9 nitrogen and oxygen atoms in total. The van der Waals surface area contributed by atoms with Crippen molar-refractivity contribution in [3.63, 3.8) is 0 Å². The van der Waals surface area contributed by atoms with Gasteiger partial charge in [-0.3, -0.25) is 0 Å². The summed E-state index contributed by atoms with van der Waals surface area (Å²) in [7, 11) is 0.